The van der Waals surface area contributed by atoms with Crippen LogP contribution in [0.3, 0.4) is 0 Å². The maximum atomic E-state index is 10.6. The zero-order valence-corrected chi connectivity index (χ0v) is 15.6. The lowest BCUT2D eigenvalue weighted by atomic mass is 10.1. The standard InChI is InChI=1S/C15H18O7S3/c16-12(17)6-23-3-9-1-10(4-24-7-13(18)19)15(22)11(2-9)5-25-8-14(20)21/h1-2,22H,3-8H2,(H,16,17)(H,18,19)(H,20,21). The van der Waals surface area contributed by atoms with Crippen molar-refractivity contribution in [1.82, 2.24) is 0 Å². The van der Waals surface area contributed by atoms with Gasteiger partial charge >= 0.3 is 17.9 Å². The predicted molar refractivity (Wildman–Crippen MR) is 99.5 cm³/mol. The molecule has 0 heterocycles. The van der Waals surface area contributed by atoms with Gasteiger partial charge in [-0.2, -0.15) is 0 Å². The fourth-order valence-electron chi connectivity index (χ4n) is 1.89. The van der Waals surface area contributed by atoms with Crippen LogP contribution in [0.4, 0.5) is 0 Å². The van der Waals surface area contributed by atoms with Crippen LogP contribution in [0.2, 0.25) is 0 Å². The molecule has 0 atom stereocenters. The monoisotopic (exact) mass is 406 g/mol. The summed E-state index contributed by atoms with van der Waals surface area (Å²) in [4.78, 5) is 31.8. The topological polar surface area (TPSA) is 132 Å². The summed E-state index contributed by atoms with van der Waals surface area (Å²) in [6.07, 6.45) is 0. The minimum absolute atomic E-state index is 0.0303. The van der Waals surface area contributed by atoms with E-state index in [1.165, 1.54) is 11.8 Å². The summed E-state index contributed by atoms with van der Waals surface area (Å²) in [6.45, 7) is 0. The Morgan fingerprint density at radius 2 is 1.08 bits per heavy atom. The molecule has 7 nitrogen and oxygen atoms in total. The van der Waals surface area contributed by atoms with Gasteiger partial charge < -0.3 is 20.4 Å². The van der Waals surface area contributed by atoms with Crippen molar-refractivity contribution in [3.05, 3.63) is 28.8 Å². The lowest BCUT2D eigenvalue weighted by Crippen LogP contribution is -2.01. The first-order valence-electron chi connectivity index (χ1n) is 7.01. The number of phenolic OH excluding ortho intramolecular Hbond substituents is 1. The Hall–Kier alpha value is -1.52. The van der Waals surface area contributed by atoms with E-state index in [1.54, 1.807) is 12.1 Å². The largest absolute Gasteiger partial charge is 0.507 e. The summed E-state index contributed by atoms with van der Waals surface area (Å²) in [7, 11) is 0. The second-order valence-corrected chi connectivity index (χ2v) is 7.88. The minimum atomic E-state index is -0.949. The van der Waals surface area contributed by atoms with Gasteiger partial charge in [0.15, 0.2) is 0 Å². The first-order chi connectivity index (χ1) is 11.8. The number of rotatable bonds is 12. The quantitative estimate of drug-likeness (QED) is 0.410. The summed E-state index contributed by atoms with van der Waals surface area (Å²) in [5, 5.41) is 36.4. The molecule has 0 aliphatic carbocycles. The van der Waals surface area contributed by atoms with E-state index in [2.05, 4.69) is 0 Å². The van der Waals surface area contributed by atoms with Crippen molar-refractivity contribution < 1.29 is 34.8 Å². The van der Waals surface area contributed by atoms with E-state index in [0.717, 1.165) is 29.1 Å². The van der Waals surface area contributed by atoms with E-state index in [4.69, 9.17) is 15.3 Å². The second kappa shape index (κ2) is 11.2. The first kappa shape index (κ1) is 21.5. The smallest absolute Gasteiger partial charge is 0.313 e. The summed E-state index contributed by atoms with van der Waals surface area (Å²) < 4.78 is 0. The number of carboxylic acids is 3. The Kier molecular flexibility index (Phi) is 9.61. The minimum Gasteiger partial charge on any atom is -0.507 e. The molecule has 0 radical (unpaired) electrons. The average molecular weight is 407 g/mol. The lowest BCUT2D eigenvalue weighted by Gasteiger charge is -2.12. The molecule has 1 aromatic carbocycles. The molecule has 10 heteroatoms. The van der Waals surface area contributed by atoms with Gasteiger partial charge in [0.2, 0.25) is 0 Å². The van der Waals surface area contributed by atoms with Gasteiger partial charge in [0, 0.05) is 28.4 Å². The van der Waals surface area contributed by atoms with Gasteiger partial charge in [-0.15, -0.1) is 35.3 Å². The van der Waals surface area contributed by atoms with Crippen LogP contribution in [0.15, 0.2) is 12.1 Å². The zero-order valence-electron chi connectivity index (χ0n) is 13.1. The molecule has 1 rings (SSSR count). The van der Waals surface area contributed by atoms with E-state index in [-0.39, 0.29) is 23.0 Å². The highest BCUT2D eigenvalue weighted by Crippen LogP contribution is 2.32. The van der Waals surface area contributed by atoms with E-state index in [1.807, 2.05) is 0 Å². The Morgan fingerprint density at radius 1 is 0.720 bits per heavy atom. The number of hydrogen-bond donors (Lipinski definition) is 4. The molecule has 0 amide bonds. The number of carbonyl (C=O) groups is 3. The lowest BCUT2D eigenvalue weighted by molar-refractivity contribution is -0.134. The number of benzene rings is 1. The molecule has 0 fully saturated rings. The Bertz CT molecular complexity index is 593. The van der Waals surface area contributed by atoms with Gasteiger partial charge in [0.1, 0.15) is 5.75 Å². The maximum absolute atomic E-state index is 10.6. The first-order valence-corrected chi connectivity index (χ1v) is 10.5. The molecule has 0 aliphatic rings. The van der Waals surface area contributed by atoms with Gasteiger partial charge in [-0.1, -0.05) is 12.1 Å². The van der Waals surface area contributed by atoms with Gasteiger partial charge in [-0.05, 0) is 5.56 Å². The summed E-state index contributed by atoms with van der Waals surface area (Å²) in [5.41, 5.74) is 1.93. The van der Waals surface area contributed by atoms with Crippen molar-refractivity contribution in [1.29, 1.82) is 0 Å². The number of thioether (sulfide) groups is 3. The number of aromatic hydroxyl groups is 1. The number of phenols is 1. The van der Waals surface area contributed by atoms with Crippen LogP contribution in [0.5, 0.6) is 5.75 Å². The number of aliphatic carboxylic acids is 3. The molecule has 4 N–H and O–H groups in total. The van der Waals surface area contributed by atoms with E-state index < -0.39 is 17.9 Å². The van der Waals surface area contributed by atoms with Crippen molar-refractivity contribution in [2.45, 2.75) is 17.3 Å². The van der Waals surface area contributed by atoms with Crippen LogP contribution >= 0.6 is 35.3 Å². The van der Waals surface area contributed by atoms with Crippen LogP contribution in [-0.2, 0) is 31.6 Å². The van der Waals surface area contributed by atoms with E-state index in [0.29, 0.717) is 28.4 Å². The van der Waals surface area contributed by atoms with Crippen molar-refractivity contribution in [2.75, 3.05) is 17.3 Å². The highest BCUT2D eigenvalue weighted by Gasteiger charge is 2.12. The summed E-state index contributed by atoms with van der Waals surface area (Å²) in [5.74, 6) is -2.00. The fourth-order valence-corrected chi connectivity index (χ4v) is 4.00. The molecular formula is C15H18O7S3. The Morgan fingerprint density at radius 3 is 1.44 bits per heavy atom. The van der Waals surface area contributed by atoms with Crippen LogP contribution < -0.4 is 0 Å². The molecule has 0 aliphatic heterocycles. The SMILES string of the molecule is O=C(O)CSCc1cc(CSCC(=O)O)c(O)c(CSCC(=O)O)c1. The predicted octanol–water partition coefficient (Wildman–Crippen LogP) is 2.35. The van der Waals surface area contributed by atoms with Gasteiger partial charge in [-0.3, -0.25) is 14.4 Å². The molecule has 0 aromatic heterocycles. The molecular weight excluding hydrogens is 388 g/mol. The molecule has 0 saturated heterocycles. The Balaban J connectivity index is 2.88. The molecule has 0 bridgehead atoms. The van der Waals surface area contributed by atoms with Crippen LogP contribution in [0.1, 0.15) is 16.7 Å². The van der Waals surface area contributed by atoms with E-state index in [9.17, 15) is 19.5 Å². The van der Waals surface area contributed by atoms with Crippen molar-refractivity contribution in [3.63, 3.8) is 0 Å². The number of hydrogen-bond acceptors (Lipinski definition) is 7. The highest BCUT2D eigenvalue weighted by molar-refractivity contribution is 7.99. The van der Waals surface area contributed by atoms with Crippen molar-refractivity contribution in [2.24, 2.45) is 0 Å². The maximum Gasteiger partial charge on any atom is 0.313 e. The van der Waals surface area contributed by atoms with Crippen LogP contribution in [-0.4, -0.2) is 55.6 Å². The highest BCUT2D eigenvalue weighted by atomic mass is 32.2. The summed E-state index contributed by atoms with van der Waals surface area (Å²) >= 11 is 3.50. The average Bonchev–Trinajstić information content (AvgIpc) is 2.50. The van der Waals surface area contributed by atoms with Gasteiger partial charge in [0.25, 0.3) is 0 Å². The fraction of sp³-hybridized carbons (Fsp3) is 0.400. The van der Waals surface area contributed by atoms with Crippen molar-refractivity contribution >= 4 is 53.2 Å². The molecule has 0 spiro atoms. The zero-order chi connectivity index (χ0) is 18.8. The molecule has 138 valence electrons. The Labute approximate surface area is 157 Å². The van der Waals surface area contributed by atoms with Gasteiger partial charge in [0.05, 0.1) is 17.3 Å². The third-order valence-electron chi connectivity index (χ3n) is 2.79. The molecule has 25 heavy (non-hydrogen) atoms. The number of carboxylic acid groups (broad SMARTS) is 3. The third kappa shape index (κ3) is 8.94. The van der Waals surface area contributed by atoms with Crippen molar-refractivity contribution in [3.8, 4) is 5.75 Å². The van der Waals surface area contributed by atoms with E-state index >= 15 is 0 Å². The molecule has 0 saturated carbocycles. The third-order valence-corrected chi connectivity index (χ3v) is 5.71. The van der Waals surface area contributed by atoms with Gasteiger partial charge in [-0.25, -0.2) is 0 Å². The summed E-state index contributed by atoms with van der Waals surface area (Å²) in [6, 6.07) is 3.45. The van der Waals surface area contributed by atoms with Crippen LogP contribution in [0, 0.1) is 0 Å². The second-order valence-electron chi connectivity index (χ2n) is 4.92. The molecule has 0 unspecified atom stereocenters. The molecule has 1 aromatic rings. The normalized spacial score (nSPS) is 10.6. The van der Waals surface area contributed by atoms with Crippen LogP contribution in [0.25, 0.3) is 0 Å².